The number of ether oxygens (including phenoxy) is 1. The van der Waals surface area contributed by atoms with Crippen LogP contribution in [0.5, 0.6) is 5.75 Å². The number of halogens is 2. The zero-order valence-electron chi connectivity index (χ0n) is 10.9. The standard InChI is InChI=1S/C15H15Cl2NOS/c16-10-1-6-15(14(17)7-10)19-9-13-5-4-12(20-13)8-18-11-2-3-11/h1,4-7,11,18H,2-3,8-9H2. The van der Waals surface area contributed by atoms with E-state index in [9.17, 15) is 0 Å². The third-order valence-electron chi connectivity index (χ3n) is 3.12. The summed E-state index contributed by atoms with van der Waals surface area (Å²) in [5.74, 6) is 0.669. The molecule has 0 amide bonds. The number of thiophene rings is 1. The maximum Gasteiger partial charge on any atom is 0.138 e. The van der Waals surface area contributed by atoms with Gasteiger partial charge < -0.3 is 10.1 Å². The maximum atomic E-state index is 6.08. The molecule has 0 bridgehead atoms. The van der Waals surface area contributed by atoms with E-state index in [2.05, 4.69) is 17.4 Å². The molecule has 0 spiro atoms. The molecule has 1 aliphatic rings. The van der Waals surface area contributed by atoms with Crippen LogP contribution in [0.2, 0.25) is 10.0 Å². The molecule has 0 saturated heterocycles. The Labute approximate surface area is 132 Å². The van der Waals surface area contributed by atoms with Crippen LogP contribution in [0, 0.1) is 0 Å². The van der Waals surface area contributed by atoms with Crippen LogP contribution < -0.4 is 10.1 Å². The third-order valence-corrected chi connectivity index (χ3v) is 4.71. The molecule has 106 valence electrons. The number of benzene rings is 1. The van der Waals surface area contributed by atoms with Crippen molar-refractivity contribution < 1.29 is 4.74 Å². The summed E-state index contributed by atoms with van der Waals surface area (Å²) in [7, 11) is 0. The molecule has 20 heavy (non-hydrogen) atoms. The Morgan fingerprint density at radius 1 is 1.15 bits per heavy atom. The molecular formula is C15H15Cl2NOS. The minimum absolute atomic E-state index is 0.537. The quantitative estimate of drug-likeness (QED) is 0.815. The smallest absolute Gasteiger partial charge is 0.138 e. The Bertz CT molecular complexity index is 595. The van der Waals surface area contributed by atoms with E-state index < -0.39 is 0 Å². The lowest BCUT2D eigenvalue weighted by atomic mass is 10.3. The molecule has 0 radical (unpaired) electrons. The van der Waals surface area contributed by atoms with Crippen LogP contribution in [0.3, 0.4) is 0 Å². The molecule has 0 atom stereocenters. The molecule has 1 aromatic heterocycles. The second kappa shape index (κ2) is 6.35. The van der Waals surface area contributed by atoms with Crippen molar-refractivity contribution in [1.29, 1.82) is 0 Å². The van der Waals surface area contributed by atoms with Gasteiger partial charge in [0.15, 0.2) is 0 Å². The zero-order chi connectivity index (χ0) is 13.9. The van der Waals surface area contributed by atoms with E-state index in [1.807, 2.05) is 0 Å². The van der Waals surface area contributed by atoms with Gasteiger partial charge in [-0.3, -0.25) is 0 Å². The first-order valence-electron chi connectivity index (χ1n) is 6.59. The van der Waals surface area contributed by atoms with Crippen LogP contribution in [0.25, 0.3) is 0 Å². The van der Waals surface area contributed by atoms with Crippen molar-refractivity contribution in [3.8, 4) is 5.75 Å². The third kappa shape index (κ3) is 3.89. The second-order valence-electron chi connectivity index (χ2n) is 4.89. The van der Waals surface area contributed by atoms with Crippen molar-refractivity contribution in [2.24, 2.45) is 0 Å². The molecule has 2 aromatic rings. The summed E-state index contributed by atoms with van der Waals surface area (Å²) in [5.41, 5.74) is 0. The van der Waals surface area contributed by atoms with Crippen LogP contribution in [0.1, 0.15) is 22.6 Å². The molecule has 1 aliphatic carbocycles. The summed E-state index contributed by atoms with van der Waals surface area (Å²) in [5, 5.41) is 4.67. The lowest BCUT2D eigenvalue weighted by molar-refractivity contribution is 0.310. The normalized spacial score (nSPS) is 14.5. The largest absolute Gasteiger partial charge is 0.487 e. The molecule has 5 heteroatoms. The first kappa shape index (κ1) is 14.2. The summed E-state index contributed by atoms with van der Waals surface area (Å²) in [6.07, 6.45) is 2.63. The summed E-state index contributed by atoms with van der Waals surface area (Å²) in [6, 6.07) is 10.3. The Kier molecular flexibility index (Phi) is 4.51. The van der Waals surface area contributed by atoms with Crippen LogP contribution >= 0.6 is 34.5 Å². The zero-order valence-corrected chi connectivity index (χ0v) is 13.2. The van der Waals surface area contributed by atoms with Crippen molar-refractivity contribution in [2.45, 2.75) is 32.0 Å². The number of nitrogens with one attached hydrogen (secondary N) is 1. The van der Waals surface area contributed by atoms with Gasteiger partial charge in [0.2, 0.25) is 0 Å². The fourth-order valence-electron chi connectivity index (χ4n) is 1.87. The van der Waals surface area contributed by atoms with E-state index in [4.69, 9.17) is 27.9 Å². The van der Waals surface area contributed by atoms with Gasteiger partial charge in [-0.15, -0.1) is 11.3 Å². The molecule has 2 nitrogen and oxygen atoms in total. The number of hydrogen-bond acceptors (Lipinski definition) is 3. The maximum absolute atomic E-state index is 6.08. The molecule has 0 aliphatic heterocycles. The minimum atomic E-state index is 0.537. The highest BCUT2D eigenvalue weighted by molar-refractivity contribution is 7.11. The summed E-state index contributed by atoms with van der Waals surface area (Å²) < 4.78 is 5.73. The predicted octanol–water partition coefficient (Wildman–Crippen LogP) is 4.89. The molecule has 1 heterocycles. The molecular weight excluding hydrogens is 313 g/mol. The van der Waals surface area contributed by atoms with E-state index in [1.54, 1.807) is 29.5 Å². The fraction of sp³-hybridized carbons (Fsp3) is 0.333. The Hall–Kier alpha value is -0.740. The van der Waals surface area contributed by atoms with E-state index in [-0.39, 0.29) is 0 Å². The average Bonchev–Trinajstić information content (AvgIpc) is 3.14. The van der Waals surface area contributed by atoms with Crippen LogP contribution in [-0.2, 0) is 13.2 Å². The first-order valence-corrected chi connectivity index (χ1v) is 8.17. The van der Waals surface area contributed by atoms with Crippen molar-refractivity contribution >= 4 is 34.5 Å². The highest BCUT2D eigenvalue weighted by Gasteiger charge is 2.20. The minimum Gasteiger partial charge on any atom is -0.487 e. The fourth-order valence-corrected chi connectivity index (χ4v) is 3.21. The SMILES string of the molecule is Clc1ccc(OCc2ccc(CNC3CC3)s2)c(Cl)c1. The van der Waals surface area contributed by atoms with Gasteiger partial charge in [-0.2, -0.15) is 0 Å². The summed E-state index contributed by atoms with van der Waals surface area (Å²) in [4.78, 5) is 2.54. The Morgan fingerprint density at radius 3 is 2.70 bits per heavy atom. The topological polar surface area (TPSA) is 21.3 Å². The van der Waals surface area contributed by atoms with Crippen molar-refractivity contribution in [2.75, 3.05) is 0 Å². The lowest BCUT2D eigenvalue weighted by Gasteiger charge is -2.06. The molecule has 1 aromatic carbocycles. The molecule has 1 fully saturated rings. The van der Waals surface area contributed by atoms with Crippen molar-refractivity contribution in [1.82, 2.24) is 5.32 Å². The first-order chi connectivity index (χ1) is 9.70. The van der Waals surface area contributed by atoms with Gasteiger partial charge in [-0.05, 0) is 43.2 Å². The van der Waals surface area contributed by atoms with Gasteiger partial charge in [0.1, 0.15) is 12.4 Å². The van der Waals surface area contributed by atoms with Crippen LogP contribution in [-0.4, -0.2) is 6.04 Å². The van der Waals surface area contributed by atoms with Crippen LogP contribution in [0.15, 0.2) is 30.3 Å². The van der Waals surface area contributed by atoms with Crippen molar-refractivity contribution in [3.63, 3.8) is 0 Å². The molecule has 3 rings (SSSR count). The Morgan fingerprint density at radius 2 is 1.95 bits per heavy atom. The van der Waals surface area contributed by atoms with Gasteiger partial charge in [0.25, 0.3) is 0 Å². The van der Waals surface area contributed by atoms with Gasteiger partial charge >= 0.3 is 0 Å². The van der Waals surface area contributed by atoms with Gasteiger partial charge in [0.05, 0.1) is 5.02 Å². The molecule has 0 unspecified atom stereocenters. The van der Waals surface area contributed by atoms with Gasteiger partial charge in [-0.25, -0.2) is 0 Å². The van der Waals surface area contributed by atoms with Gasteiger partial charge in [0, 0.05) is 27.4 Å². The van der Waals surface area contributed by atoms with Gasteiger partial charge in [-0.1, -0.05) is 23.2 Å². The van der Waals surface area contributed by atoms with E-state index in [0.717, 1.165) is 12.6 Å². The highest BCUT2D eigenvalue weighted by Crippen LogP contribution is 2.29. The molecule has 1 saturated carbocycles. The second-order valence-corrected chi connectivity index (χ2v) is 6.98. The monoisotopic (exact) mass is 327 g/mol. The highest BCUT2D eigenvalue weighted by atomic mass is 35.5. The summed E-state index contributed by atoms with van der Waals surface area (Å²) >= 11 is 13.7. The average molecular weight is 328 g/mol. The molecule has 1 N–H and O–H groups in total. The van der Waals surface area contributed by atoms with E-state index >= 15 is 0 Å². The van der Waals surface area contributed by atoms with Crippen LogP contribution in [0.4, 0.5) is 0 Å². The lowest BCUT2D eigenvalue weighted by Crippen LogP contribution is -2.14. The number of rotatable bonds is 6. The predicted molar refractivity (Wildman–Crippen MR) is 85.0 cm³/mol. The van der Waals surface area contributed by atoms with E-state index in [1.165, 1.54) is 22.6 Å². The number of hydrogen-bond donors (Lipinski definition) is 1. The van der Waals surface area contributed by atoms with E-state index in [0.29, 0.717) is 22.4 Å². The summed E-state index contributed by atoms with van der Waals surface area (Å²) in [6.45, 7) is 1.49. The van der Waals surface area contributed by atoms with Crippen molar-refractivity contribution in [3.05, 3.63) is 50.1 Å². The Balaban J connectivity index is 1.54.